The molecule has 12 heteroatoms. The van der Waals surface area contributed by atoms with Crippen molar-refractivity contribution in [2.45, 2.75) is 178 Å². The summed E-state index contributed by atoms with van der Waals surface area (Å²) in [5.41, 5.74) is 0.162. The smallest absolute Gasteiger partial charge is 0.187 e. The third-order valence-corrected chi connectivity index (χ3v) is 16.3. The molecule has 0 aromatic heterocycles. The van der Waals surface area contributed by atoms with Crippen molar-refractivity contribution in [1.29, 1.82) is 0 Å². The minimum Gasteiger partial charge on any atom is -0.394 e. The Morgan fingerprint density at radius 1 is 0.846 bits per heavy atom. The summed E-state index contributed by atoms with van der Waals surface area (Å²) in [5, 5.41) is 76.1. The van der Waals surface area contributed by atoms with Crippen molar-refractivity contribution in [2.75, 3.05) is 13.2 Å². The number of allylic oxidation sites excluding steroid dienone is 1. The molecule has 0 radical (unpaired) electrons. The van der Waals surface area contributed by atoms with E-state index in [4.69, 9.17) is 23.7 Å². The lowest BCUT2D eigenvalue weighted by Gasteiger charge is -2.60. The van der Waals surface area contributed by atoms with Crippen molar-refractivity contribution in [3.05, 3.63) is 11.6 Å². The van der Waals surface area contributed by atoms with Crippen LogP contribution in [0.1, 0.15) is 98.8 Å². The average Bonchev–Trinajstić information content (AvgIpc) is 3.48. The van der Waals surface area contributed by atoms with Crippen LogP contribution in [-0.2, 0) is 23.7 Å². The summed E-state index contributed by atoms with van der Waals surface area (Å²) in [4.78, 5) is 0. The predicted molar refractivity (Wildman–Crippen MR) is 186 cm³/mol. The second kappa shape index (κ2) is 13.4. The van der Waals surface area contributed by atoms with Crippen LogP contribution in [0.2, 0.25) is 0 Å². The second-order valence-corrected chi connectivity index (χ2v) is 18.9. The van der Waals surface area contributed by atoms with Crippen LogP contribution in [0.4, 0.5) is 0 Å². The van der Waals surface area contributed by atoms with Gasteiger partial charge in [0.2, 0.25) is 0 Å². The molecule has 7 fully saturated rings. The largest absolute Gasteiger partial charge is 0.394 e. The van der Waals surface area contributed by atoms with E-state index >= 15 is 0 Å². The summed E-state index contributed by atoms with van der Waals surface area (Å²) in [6.07, 6.45) is -1.06. The molecule has 3 aliphatic heterocycles. The fourth-order valence-corrected chi connectivity index (χ4v) is 12.9. The number of fused-ring (bicyclic) bond motifs is 7. The van der Waals surface area contributed by atoms with Gasteiger partial charge in [-0.1, -0.05) is 46.3 Å². The Hall–Kier alpha value is -0.740. The van der Waals surface area contributed by atoms with Gasteiger partial charge in [-0.3, -0.25) is 0 Å². The molecule has 5 aliphatic carbocycles. The standard InChI is InChI=1S/C40H64O12/c1-19-8-13-39(48-18-19)21(3)40(47)29(52-39)16-26-24-7-6-22-15-23(9-11-37(22,4)25(24)10-12-38(26,40)5)49-36-35(34(46)32(44)28(17-41)51-36)50-27-14-20(2)30(42)33(45)31(27)43/h6,19-21,23-36,41-47H,7-18H2,1-5H3/t19-,20-,21-,23+,24-,25+,26+,27-,28-,29+,30+,31+,32-,33-,34+,35-,36-,37+,38+,39-,40-/m1/s1. The molecule has 21 atom stereocenters. The number of hydrogen-bond donors (Lipinski definition) is 7. The van der Waals surface area contributed by atoms with Gasteiger partial charge in [-0.25, -0.2) is 0 Å². The Morgan fingerprint density at radius 2 is 1.62 bits per heavy atom. The first kappa shape index (κ1) is 38.1. The molecule has 296 valence electrons. The lowest BCUT2D eigenvalue weighted by Crippen LogP contribution is -2.63. The maximum absolute atomic E-state index is 12.7. The van der Waals surface area contributed by atoms with Crippen molar-refractivity contribution >= 4 is 0 Å². The number of aliphatic hydroxyl groups excluding tert-OH is 6. The predicted octanol–water partition coefficient (Wildman–Crippen LogP) is 2.17. The van der Waals surface area contributed by atoms with Gasteiger partial charge in [0.05, 0.1) is 37.6 Å². The number of aliphatic hydroxyl groups is 7. The van der Waals surface area contributed by atoms with Crippen molar-refractivity contribution in [2.24, 2.45) is 46.3 Å². The molecule has 12 nitrogen and oxygen atoms in total. The molecular formula is C40H64O12. The van der Waals surface area contributed by atoms with Crippen LogP contribution >= 0.6 is 0 Å². The topological polar surface area (TPSA) is 188 Å². The average molecular weight is 737 g/mol. The first-order valence-corrected chi connectivity index (χ1v) is 20.3. The quantitative estimate of drug-likeness (QED) is 0.204. The minimum absolute atomic E-state index is 0.0211. The molecule has 0 amide bonds. The molecule has 3 saturated heterocycles. The maximum atomic E-state index is 12.7. The van der Waals surface area contributed by atoms with E-state index in [-0.39, 0.29) is 41.3 Å². The van der Waals surface area contributed by atoms with Crippen LogP contribution in [0, 0.1) is 46.3 Å². The molecule has 1 spiro atoms. The number of rotatable bonds is 5. The second-order valence-electron chi connectivity index (χ2n) is 18.9. The van der Waals surface area contributed by atoms with Gasteiger partial charge < -0.3 is 59.4 Å². The Morgan fingerprint density at radius 3 is 2.33 bits per heavy atom. The van der Waals surface area contributed by atoms with Crippen LogP contribution in [0.15, 0.2) is 11.6 Å². The summed E-state index contributed by atoms with van der Waals surface area (Å²) >= 11 is 0. The van der Waals surface area contributed by atoms with Crippen LogP contribution < -0.4 is 0 Å². The Bertz CT molecular complexity index is 1350. The maximum Gasteiger partial charge on any atom is 0.187 e. The van der Waals surface area contributed by atoms with Gasteiger partial charge in [-0.15, -0.1) is 0 Å². The van der Waals surface area contributed by atoms with Crippen molar-refractivity contribution in [3.8, 4) is 0 Å². The van der Waals surface area contributed by atoms with E-state index in [2.05, 4.69) is 33.8 Å². The van der Waals surface area contributed by atoms with Crippen LogP contribution in [0.25, 0.3) is 0 Å². The van der Waals surface area contributed by atoms with E-state index in [1.54, 1.807) is 6.92 Å². The number of ether oxygens (including phenoxy) is 5. The summed E-state index contributed by atoms with van der Waals surface area (Å²) in [6.45, 7) is 11.0. The molecule has 8 aliphatic rings. The Labute approximate surface area is 307 Å². The monoisotopic (exact) mass is 736 g/mol. The zero-order chi connectivity index (χ0) is 37.1. The van der Waals surface area contributed by atoms with Gasteiger partial charge in [-0.2, -0.15) is 0 Å². The van der Waals surface area contributed by atoms with Gasteiger partial charge >= 0.3 is 0 Å². The highest BCUT2D eigenvalue weighted by Crippen LogP contribution is 2.72. The van der Waals surface area contributed by atoms with E-state index in [0.29, 0.717) is 36.7 Å². The lowest BCUT2D eigenvalue weighted by atomic mass is 9.46. The van der Waals surface area contributed by atoms with Gasteiger partial charge in [0, 0.05) is 17.8 Å². The van der Waals surface area contributed by atoms with Crippen molar-refractivity contribution < 1.29 is 59.4 Å². The van der Waals surface area contributed by atoms with E-state index in [9.17, 15) is 35.7 Å². The Balaban J connectivity index is 0.977. The molecule has 8 rings (SSSR count). The lowest BCUT2D eigenvalue weighted by molar-refractivity contribution is -0.335. The minimum atomic E-state index is -1.47. The van der Waals surface area contributed by atoms with Gasteiger partial charge in [-0.05, 0) is 92.8 Å². The highest BCUT2D eigenvalue weighted by molar-refractivity contribution is 5.29. The third kappa shape index (κ3) is 5.51. The van der Waals surface area contributed by atoms with Crippen LogP contribution in [-0.4, -0.2) is 128 Å². The van der Waals surface area contributed by atoms with Gasteiger partial charge in [0.25, 0.3) is 0 Å². The summed E-state index contributed by atoms with van der Waals surface area (Å²) in [6, 6.07) is 0. The molecule has 4 saturated carbocycles. The zero-order valence-corrected chi connectivity index (χ0v) is 31.5. The SMILES string of the molecule is C[C@@H]1CC[C@@]2(OC1)O[C@H]1C[C@H]3[C@@H]4CC=C5C[C@@H](O[C@@H]6O[C@H](CO)[C@@H](O)[C@H](O)[C@H]6O[C@@H]6C[C@@H](C)[C@H](O)[C@@H](O)[C@H]6O)CC[C@]5(C)[C@H]4CC[C@]3(C)[C@@]1(O)[C@@H]2C. The van der Waals surface area contributed by atoms with Crippen molar-refractivity contribution in [1.82, 2.24) is 0 Å². The van der Waals surface area contributed by atoms with Crippen LogP contribution in [0.3, 0.4) is 0 Å². The molecule has 0 unspecified atom stereocenters. The summed E-state index contributed by atoms with van der Waals surface area (Å²) in [7, 11) is 0. The first-order chi connectivity index (χ1) is 24.6. The fraction of sp³-hybridized carbons (Fsp3) is 0.950. The molecular weight excluding hydrogens is 672 g/mol. The molecule has 52 heavy (non-hydrogen) atoms. The first-order valence-electron chi connectivity index (χ1n) is 20.3. The molecule has 7 N–H and O–H groups in total. The molecule has 0 bridgehead atoms. The van der Waals surface area contributed by atoms with E-state index in [1.165, 1.54) is 5.57 Å². The summed E-state index contributed by atoms with van der Waals surface area (Å²) < 4.78 is 32.0. The highest BCUT2D eigenvalue weighted by atomic mass is 16.7. The summed E-state index contributed by atoms with van der Waals surface area (Å²) in [5.74, 6) is 0.620. The molecule has 3 heterocycles. The molecule has 0 aromatic rings. The van der Waals surface area contributed by atoms with Crippen LogP contribution in [0.5, 0.6) is 0 Å². The third-order valence-electron chi connectivity index (χ3n) is 16.3. The van der Waals surface area contributed by atoms with Gasteiger partial charge in [0.15, 0.2) is 12.1 Å². The number of hydrogen-bond acceptors (Lipinski definition) is 12. The van der Waals surface area contributed by atoms with Gasteiger partial charge in [0.1, 0.15) is 42.2 Å². The zero-order valence-electron chi connectivity index (χ0n) is 31.5. The van der Waals surface area contributed by atoms with E-state index in [0.717, 1.165) is 51.4 Å². The van der Waals surface area contributed by atoms with Crippen molar-refractivity contribution in [3.63, 3.8) is 0 Å². The van der Waals surface area contributed by atoms with E-state index < -0.39 is 73.1 Å². The fourth-order valence-electron chi connectivity index (χ4n) is 12.9. The molecule has 0 aromatic carbocycles. The van der Waals surface area contributed by atoms with E-state index in [1.807, 2.05) is 0 Å². The Kier molecular flexibility index (Phi) is 9.86. The normalized spacial score (nSPS) is 58.9. The highest BCUT2D eigenvalue weighted by Gasteiger charge is 2.76.